The van der Waals surface area contributed by atoms with Gasteiger partial charge in [-0.3, -0.25) is 4.98 Å². The van der Waals surface area contributed by atoms with E-state index in [0.717, 1.165) is 16.8 Å². The van der Waals surface area contributed by atoms with Crippen molar-refractivity contribution in [2.75, 3.05) is 18.0 Å². The van der Waals surface area contributed by atoms with Gasteiger partial charge in [0.25, 0.3) is 0 Å². The number of hydrogen-bond donors (Lipinski definition) is 0. The van der Waals surface area contributed by atoms with Crippen LogP contribution in [0.25, 0.3) is 21.5 Å². The number of halogens is 1. The number of aromatic nitrogens is 2. The van der Waals surface area contributed by atoms with E-state index >= 15 is 4.39 Å². The summed E-state index contributed by atoms with van der Waals surface area (Å²) in [5.74, 6) is -0.200. The Morgan fingerprint density at radius 2 is 1.96 bits per heavy atom. The molecule has 0 bridgehead atoms. The summed E-state index contributed by atoms with van der Waals surface area (Å²) in [6.45, 7) is 5.42. The maximum atomic E-state index is 15.1. The Hall–Kier alpha value is -2.05. The maximum absolute atomic E-state index is 15.1. The summed E-state index contributed by atoms with van der Waals surface area (Å²) in [5.41, 5.74) is 2.13. The van der Waals surface area contributed by atoms with Gasteiger partial charge < -0.3 is 9.64 Å². The molecule has 2 atom stereocenters. The van der Waals surface area contributed by atoms with Gasteiger partial charge in [0.15, 0.2) is 5.82 Å². The minimum Gasteiger partial charge on any atom is -0.372 e. The van der Waals surface area contributed by atoms with Crippen molar-refractivity contribution >= 4 is 27.3 Å². The Morgan fingerprint density at radius 3 is 2.67 bits per heavy atom. The fraction of sp³-hybridized carbons (Fsp3) is 0.333. The molecular weight excluding hydrogens is 325 g/mol. The summed E-state index contributed by atoms with van der Waals surface area (Å²) in [6.07, 6.45) is 1.91. The third kappa shape index (κ3) is 2.65. The molecule has 6 heteroatoms. The van der Waals surface area contributed by atoms with Crippen LogP contribution in [-0.2, 0) is 4.74 Å². The zero-order valence-corrected chi connectivity index (χ0v) is 14.4. The second-order valence-electron chi connectivity index (χ2n) is 6.18. The van der Waals surface area contributed by atoms with Gasteiger partial charge in [-0.1, -0.05) is 6.07 Å². The molecule has 1 aliphatic heterocycles. The van der Waals surface area contributed by atoms with Crippen LogP contribution in [0.1, 0.15) is 13.8 Å². The first kappa shape index (κ1) is 15.5. The molecule has 0 saturated carbocycles. The van der Waals surface area contributed by atoms with E-state index < -0.39 is 0 Å². The number of anilines is 1. The van der Waals surface area contributed by atoms with E-state index in [1.165, 1.54) is 11.5 Å². The second-order valence-corrected chi connectivity index (χ2v) is 6.96. The molecule has 0 unspecified atom stereocenters. The number of fused-ring (bicyclic) bond motifs is 1. The van der Waals surface area contributed by atoms with Crippen molar-refractivity contribution in [3.05, 3.63) is 42.3 Å². The number of benzene rings is 1. The van der Waals surface area contributed by atoms with Crippen molar-refractivity contribution in [3.63, 3.8) is 0 Å². The van der Waals surface area contributed by atoms with Gasteiger partial charge in [0, 0.05) is 24.7 Å². The Kier molecular flexibility index (Phi) is 3.94. The smallest absolute Gasteiger partial charge is 0.165 e. The molecule has 4 nitrogen and oxygen atoms in total. The Labute approximate surface area is 144 Å². The molecule has 0 aliphatic carbocycles. The highest BCUT2D eigenvalue weighted by Gasteiger charge is 2.26. The van der Waals surface area contributed by atoms with Crippen molar-refractivity contribution in [3.8, 4) is 11.4 Å². The molecule has 3 aromatic rings. The van der Waals surface area contributed by atoms with Crippen molar-refractivity contribution in [1.29, 1.82) is 0 Å². The highest BCUT2D eigenvalue weighted by molar-refractivity contribution is 7.13. The van der Waals surface area contributed by atoms with Crippen LogP contribution in [0.2, 0.25) is 0 Å². The summed E-state index contributed by atoms with van der Waals surface area (Å²) in [6, 6.07) is 9.47. The quantitative estimate of drug-likeness (QED) is 0.702. The number of morpholine rings is 1. The minimum atomic E-state index is -0.200. The van der Waals surface area contributed by atoms with E-state index in [0.29, 0.717) is 23.5 Å². The van der Waals surface area contributed by atoms with E-state index in [2.05, 4.69) is 14.3 Å². The largest absolute Gasteiger partial charge is 0.372 e. The fourth-order valence-electron chi connectivity index (χ4n) is 3.27. The summed E-state index contributed by atoms with van der Waals surface area (Å²) >= 11 is 1.19. The van der Waals surface area contributed by atoms with Gasteiger partial charge >= 0.3 is 0 Å². The molecule has 4 rings (SSSR count). The van der Waals surface area contributed by atoms with Gasteiger partial charge in [0.05, 0.1) is 28.3 Å². The molecule has 124 valence electrons. The van der Waals surface area contributed by atoms with Gasteiger partial charge in [-0.2, -0.15) is 4.37 Å². The van der Waals surface area contributed by atoms with Crippen LogP contribution in [0.5, 0.6) is 0 Å². The summed E-state index contributed by atoms with van der Waals surface area (Å²) in [5, 5.41) is 0.814. The van der Waals surface area contributed by atoms with E-state index in [1.54, 1.807) is 6.20 Å². The predicted octanol–water partition coefficient (Wildman–Crippen LogP) is 4.11. The second kappa shape index (κ2) is 6.11. The van der Waals surface area contributed by atoms with Crippen LogP contribution in [0.15, 0.2) is 36.5 Å². The lowest BCUT2D eigenvalue weighted by molar-refractivity contribution is -0.00537. The SMILES string of the molecule is C[C@@H]1CN(c2ccc3c(-c4ccccn4)nsc3c2F)C[C@H](C)O1. The standard InChI is InChI=1S/C18H18FN3OS/c1-11-9-22(10-12(2)23-11)15-7-6-13-17(14-5-3-4-8-20-14)21-24-18(13)16(15)19/h3-8,11-12H,9-10H2,1-2H3/t11-,12+. The van der Waals surface area contributed by atoms with Crippen molar-refractivity contribution in [2.45, 2.75) is 26.1 Å². The first-order chi connectivity index (χ1) is 11.6. The molecule has 1 saturated heterocycles. The molecule has 24 heavy (non-hydrogen) atoms. The van der Waals surface area contributed by atoms with Crippen LogP contribution in [0.4, 0.5) is 10.1 Å². The number of pyridine rings is 1. The van der Waals surface area contributed by atoms with E-state index in [9.17, 15) is 0 Å². The first-order valence-corrected chi connectivity index (χ1v) is 8.80. The topological polar surface area (TPSA) is 38.2 Å². The molecule has 0 radical (unpaired) electrons. The van der Waals surface area contributed by atoms with Crippen LogP contribution in [0, 0.1) is 5.82 Å². The lowest BCUT2D eigenvalue weighted by atomic mass is 10.1. The third-order valence-electron chi connectivity index (χ3n) is 4.23. The normalized spacial score (nSPS) is 21.4. The summed E-state index contributed by atoms with van der Waals surface area (Å²) in [4.78, 5) is 6.39. The highest BCUT2D eigenvalue weighted by Crippen LogP contribution is 2.36. The number of nitrogens with zero attached hydrogens (tertiary/aromatic N) is 3. The molecule has 1 aliphatic rings. The van der Waals surface area contributed by atoms with Gasteiger partial charge in [-0.05, 0) is 49.6 Å². The Bertz CT molecular complexity index is 857. The zero-order chi connectivity index (χ0) is 16.7. The van der Waals surface area contributed by atoms with Crippen LogP contribution in [-0.4, -0.2) is 34.7 Å². The molecule has 2 aromatic heterocycles. The molecule has 1 fully saturated rings. The zero-order valence-electron chi connectivity index (χ0n) is 13.6. The van der Waals surface area contributed by atoms with Gasteiger partial charge in [0.2, 0.25) is 0 Å². The summed E-state index contributed by atoms with van der Waals surface area (Å²) in [7, 11) is 0. The van der Waals surface area contributed by atoms with Gasteiger partial charge in [-0.15, -0.1) is 0 Å². The Morgan fingerprint density at radius 1 is 1.17 bits per heavy atom. The number of hydrogen-bond acceptors (Lipinski definition) is 5. The van der Waals surface area contributed by atoms with Crippen LogP contribution < -0.4 is 4.90 Å². The van der Waals surface area contributed by atoms with Crippen LogP contribution in [0.3, 0.4) is 0 Å². The predicted molar refractivity (Wildman–Crippen MR) is 95.0 cm³/mol. The van der Waals surface area contributed by atoms with E-state index in [4.69, 9.17) is 4.74 Å². The summed E-state index contributed by atoms with van der Waals surface area (Å²) < 4.78 is 25.9. The van der Waals surface area contributed by atoms with Gasteiger partial charge in [0.1, 0.15) is 5.69 Å². The minimum absolute atomic E-state index is 0.0920. The van der Waals surface area contributed by atoms with E-state index in [-0.39, 0.29) is 18.0 Å². The number of rotatable bonds is 2. The first-order valence-electron chi connectivity index (χ1n) is 8.03. The molecule has 0 spiro atoms. The molecule has 3 heterocycles. The molecule has 0 N–H and O–H groups in total. The lowest BCUT2D eigenvalue weighted by Crippen LogP contribution is -2.45. The van der Waals surface area contributed by atoms with Gasteiger partial charge in [-0.25, -0.2) is 4.39 Å². The molecule has 0 amide bonds. The van der Waals surface area contributed by atoms with E-state index in [1.807, 2.05) is 44.2 Å². The maximum Gasteiger partial charge on any atom is 0.165 e. The average Bonchev–Trinajstić information content (AvgIpc) is 3.00. The van der Waals surface area contributed by atoms with Crippen molar-refractivity contribution < 1.29 is 9.13 Å². The lowest BCUT2D eigenvalue weighted by Gasteiger charge is -2.37. The number of ether oxygens (including phenoxy) is 1. The molecular formula is C18H18FN3OS. The van der Waals surface area contributed by atoms with Crippen LogP contribution >= 0.6 is 11.5 Å². The average molecular weight is 343 g/mol. The van der Waals surface area contributed by atoms with Crippen molar-refractivity contribution in [1.82, 2.24) is 9.36 Å². The fourth-order valence-corrected chi connectivity index (χ4v) is 4.09. The third-order valence-corrected chi connectivity index (χ3v) is 5.08. The van der Waals surface area contributed by atoms with Crippen molar-refractivity contribution in [2.24, 2.45) is 0 Å². The highest BCUT2D eigenvalue weighted by atomic mass is 32.1. The monoisotopic (exact) mass is 343 g/mol. The molecule has 1 aromatic carbocycles. The Balaban J connectivity index is 1.77.